The van der Waals surface area contributed by atoms with Gasteiger partial charge in [-0.05, 0) is 49.9 Å². The van der Waals surface area contributed by atoms with Crippen molar-refractivity contribution in [3.63, 3.8) is 0 Å². The number of fused-ring (bicyclic) bond motifs is 3. The first-order valence-electron chi connectivity index (χ1n) is 11.0. The molecular formula is C23H29N3O4. The number of amides is 1. The molecule has 160 valence electrons. The van der Waals surface area contributed by atoms with Gasteiger partial charge in [0.15, 0.2) is 17.3 Å². The van der Waals surface area contributed by atoms with Gasteiger partial charge in [-0.2, -0.15) is 0 Å². The van der Waals surface area contributed by atoms with Crippen molar-refractivity contribution >= 4 is 11.7 Å². The average molecular weight is 412 g/mol. The van der Waals surface area contributed by atoms with Crippen molar-refractivity contribution in [2.75, 3.05) is 31.6 Å². The van der Waals surface area contributed by atoms with Crippen LogP contribution >= 0.6 is 0 Å². The van der Waals surface area contributed by atoms with Crippen LogP contribution in [-0.2, 0) is 10.2 Å². The average Bonchev–Trinajstić information content (AvgIpc) is 3.38. The number of ether oxygens (including phenoxy) is 2. The minimum Gasteiger partial charge on any atom is -0.486 e. The Morgan fingerprint density at radius 3 is 2.63 bits per heavy atom. The smallest absolute Gasteiger partial charge is 0.226 e. The number of aromatic nitrogens is 1. The molecule has 1 N–H and O–H groups in total. The Hall–Kier alpha value is -2.54. The summed E-state index contributed by atoms with van der Waals surface area (Å²) in [6.07, 6.45) is 5.30. The second kappa shape index (κ2) is 7.61. The first-order valence-corrected chi connectivity index (χ1v) is 11.0. The van der Waals surface area contributed by atoms with Crippen LogP contribution in [0.25, 0.3) is 0 Å². The molecule has 5 rings (SSSR count). The van der Waals surface area contributed by atoms with Crippen molar-refractivity contribution in [2.24, 2.45) is 0 Å². The summed E-state index contributed by atoms with van der Waals surface area (Å²) < 4.78 is 16.8. The van der Waals surface area contributed by atoms with E-state index in [9.17, 15) is 4.79 Å². The molecule has 1 spiro atoms. The summed E-state index contributed by atoms with van der Waals surface area (Å²) in [5.74, 6) is 2.86. The number of nitrogens with one attached hydrogen (secondary N) is 1. The van der Waals surface area contributed by atoms with Crippen molar-refractivity contribution < 1.29 is 18.8 Å². The molecule has 1 amide bonds. The van der Waals surface area contributed by atoms with E-state index in [4.69, 9.17) is 14.0 Å². The van der Waals surface area contributed by atoms with Crippen LogP contribution in [0.4, 0.5) is 5.82 Å². The molecule has 0 bridgehead atoms. The molecule has 30 heavy (non-hydrogen) atoms. The largest absolute Gasteiger partial charge is 0.486 e. The molecule has 2 aliphatic heterocycles. The van der Waals surface area contributed by atoms with Crippen LogP contribution in [0.15, 0.2) is 22.7 Å². The van der Waals surface area contributed by atoms with Gasteiger partial charge in [0.1, 0.15) is 19.0 Å². The molecule has 2 aromatic rings. The zero-order chi connectivity index (χ0) is 20.7. The molecule has 0 saturated heterocycles. The standard InChI is InChI=1S/C23H29N3O4/c1-15-11-21(25-30-15)24-22(27)5-8-26-14-23(6-3-4-7-23)18-13-20-19(28-9-10-29-20)12-17(18)16(26)2/h11-13,16H,3-10,14H2,1-2H3,(H,24,25,27). The highest BCUT2D eigenvalue weighted by Gasteiger charge is 2.45. The number of carbonyl (C=O) groups excluding carboxylic acids is 1. The normalized spacial score (nSPS) is 22.1. The van der Waals surface area contributed by atoms with Crippen LogP contribution < -0.4 is 14.8 Å². The lowest BCUT2D eigenvalue weighted by molar-refractivity contribution is -0.116. The maximum Gasteiger partial charge on any atom is 0.226 e. The van der Waals surface area contributed by atoms with Gasteiger partial charge in [0.2, 0.25) is 5.91 Å². The van der Waals surface area contributed by atoms with E-state index in [-0.39, 0.29) is 17.4 Å². The van der Waals surface area contributed by atoms with E-state index in [2.05, 4.69) is 34.4 Å². The summed E-state index contributed by atoms with van der Waals surface area (Å²) in [4.78, 5) is 14.9. The molecule has 1 unspecified atom stereocenters. The predicted octanol–water partition coefficient (Wildman–Crippen LogP) is 3.97. The Labute approximate surface area is 176 Å². The summed E-state index contributed by atoms with van der Waals surface area (Å²) in [5.41, 5.74) is 2.90. The third-order valence-corrected chi connectivity index (χ3v) is 6.87. The number of rotatable bonds is 4. The fraction of sp³-hybridized carbons (Fsp3) is 0.565. The van der Waals surface area contributed by atoms with E-state index < -0.39 is 0 Å². The lowest BCUT2D eigenvalue weighted by Crippen LogP contribution is -2.47. The molecular weight excluding hydrogens is 382 g/mol. The number of benzene rings is 1. The van der Waals surface area contributed by atoms with Crippen LogP contribution in [0.5, 0.6) is 11.5 Å². The summed E-state index contributed by atoms with van der Waals surface area (Å²) in [7, 11) is 0. The topological polar surface area (TPSA) is 76.8 Å². The first-order chi connectivity index (χ1) is 14.5. The van der Waals surface area contributed by atoms with Crippen molar-refractivity contribution in [3.05, 3.63) is 35.1 Å². The van der Waals surface area contributed by atoms with E-state index in [0.717, 1.165) is 18.0 Å². The number of nitrogens with zero attached hydrogens (tertiary/aromatic N) is 2. The molecule has 1 aromatic heterocycles. The van der Waals surface area contributed by atoms with Crippen LogP contribution in [0.2, 0.25) is 0 Å². The van der Waals surface area contributed by atoms with Crippen LogP contribution in [0.3, 0.4) is 0 Å². The number of aryl methyl sites for hydroxylation is 1. The second-order valence-electron chi connectivity index (χ2n) is 8.84. The minimum absolute atomic E-state index is 0.0380. The van der Waals surface area contributed by atoms with E-state index >= 15 is 0 Å². The molecule has 1 saturated carbocycles. The fourth-order valence-corrected chi connectivity index (χ4v) is 5.34. The summed E-state index contributed by atoms with van der Waals surface area (Å²) in [6, 6.07) is 6.38. The van der Waals surface area contributed by atoms with Crippen molar-refractivity contribution in [1.29, 1.82) is 0 Å². The minimum atomic E-state index is -0.0380. The van der Waals surface area contributed by atoms with Gasteiger partial charge >= 0.3 is 0 Å². The maximum atomic E-state index is 12.5. The maximum absolute atomic E-state index is 12.5. The van der Waals surface area contributed by atoms with Gasteiger partial charge in [-0.1, -0.05) is 18.0 Å². The van der Waals surface area contributed by atoms with E-state index in [1.165, 1.54) is 36.8 Å². The zero-order valence-corrected chi connectivity index (χ0v) is 17.7. The van der Waals surface area contributed by atoms with Gasteiger partial charge in [-0.25, -0.2) is 0 Å². The van der Waals surface area contributed by atoms with E-state index in [1.54, 1.807) is 6.07 Å². The lowest BCUT2D eigenvalue weighted by atomic mass is 9.71. The number of hydrogen-bond acceptors (Lipinski definition) is 6. The summed E-state index contributed by atoms with van der Waals surface area (Å²) >= 11 is 0. The summed E-state index contributed by atoms with van der Waals surface area (Å²) in [6.45, 7) is 6.94. The van der Waals surface area contributed by atoms with Crippen LogP contribution in [-0.4, -0.2) is 42.3 Å². The van der Waals surface area contributed by atoms with E-state index in [0.29, 0.717) is 37.8 Å². The molecule has 7 heteroatoms. The van der Waals surface area contributed by atoms with Gasteiger partial charge in [0.05, 0.1) is 0 Å². The van der Waals surface area contributed by atoms with Gasteiger partial charge < -0.3 is 19.3 Å². The van der Waals surface area contributed by atoms with Crippen molar-refractivity contribution in [2.45, 2.75) is 57.4 Å². The summed E-state index contributed by atoms with van der Waals surface area (Å²) in [5, 5.41) is 6.68. The Kier molecular flexibility index (Phi) is 4.93. The van der Waals surface area contributed by atoms with Gasteiger partial charge in [-0.15, -0.1) is 0 Å². The lowest BCUT2D eigenvalue weighted by Gasteiger charge is -2.46. The highest BCUT2D eigenvalue weighted by Crippen LogP contribution is 2.51. The SMILES string of the molecule is Cc1cc(NC(=O)CCN2CC3(CCCC3)c3cc4c(cc3C2C)OCCO4)no1. The molecule has 3 aliphatic rings. The third-order valence-electron chi connectivity index (χ3n) is 6.87. The van der Waals surface area contributed by atoms with Crippen LogP contribution in [0, 0.1) is 6.92 Å². The van der Waals surface area contributed by atoms with Gasteiger partial charge in [0, 0.05) is 37.0 Å². The van der Waals surface area contributed by atoms with E-state index in [1.807, 2.05) is 6.92 Å². The second-order valence-corrected chi connectivity index (χ2v) is 8.84. The molecule has 1 aliphatic carbocycles. The monoisotopic (exact) mass is 411 g/mol. The zero-order valence-electron chi connectivity index (χ0n) is 17.7. The molecule has 3 heterocycles. The predicted molar refractivity (Wildman–Crippen MR) is 112 cm³/mol. The highest BCUT2D eigenvalue weighted by molar-refractivity contribution is 5.89. The Balaban J connectivity index is 1.36. The number of hydrogen-bond donors (Lipinski definition) is 1. The van der Waals surface area contributed by atoms with Crippen molar-refractivity contribution in [3.8, 4) is 11.5 Å². The van der Waals surface area contributed by atoms with Crippen molar-refractivity contribution in [1.82, 2.24) is 10.1 Å². The Bertz CT molecular complexity index is 948. The molecule has 0 radical (unpaired) electrons. The Morgan fingerprint density at radius 1 is 1.20 bits per heavy atom. The first kappa shape index (κ1) is 19.4. The Morgan fingerprint density at radius 2 is 1.93 bits per heavy atom. The fourth-order valence-electron chi connectivity index (χ4n) is 5.34. The number of anilines is 1. The quantitative estimate of drug-likeness (QED) is 0.820. The molecule has 1 fully saturated rings. The molecule has 1 aromatic carbocycles. The molecule has 1 atom stereocenters. The van der Waals surface area contributed by atoms with Gasteiger partial charge in [0.25, 0.3) is 0 Å². The third kappa shape index (κ3) is 3.45. The molecule has 7 nitrogen and oxygen atoms in total. The van der Waals surface area contributed by atoms with Gasteiger partial charge in [-0.3, -0.25) is 9.69 Å². The highest BCUT2D eigenvalue weighted by atomic mass is 16.6. The number of carbonyl (C=O) groups is 1. The van der Waals surface area contributed by atoms with Crippen LogP contribution in [0.1, 0.15) is 62.0 Å².